The zero-order valence-electron chi connectivity index (χ0n) is 14.8. The van der Waals surface area contributed by atoms with Gasteiger partial charge in [0.2, 0.25) is 16.9 Å². The number of hydrogen-bond acceptors (Lipinski definition) is 7. The van der Waals surface area contributed by atoms with Crippen LogP contribution in [-0.4, -0.2) is 25.4 Å². The highest BCUT2D eigenvalue weighted by Crippen LogP contribution is 2.33. The first kappa shape index (κ1) is 17.7. The molecule has 0 saturated carbocycles. The standard InChI is InChI=1S/C19H17N5OS2/c1-12-5-7-14(8-6-12)18-23-22-17(25-18)13(2)27-19-20-16(21-24-19)10-9-15-4-3-11-26-15/h3-11,13H,1-2H3,(H,20,21,24)/b10-9+. The zero-order valence-corrected chi connectivity index (χ0v) is 16.4. The molecular weight excluding hydrogens is 378 g/mol. The van der Waals surface area contributed by atoms with Gasteiger partial charge in [0, 0.05) is 10.4 Å². The van der Waals surface area contributed by atoms with Gasteiger partial charge in [-0.05, 0) is 49.6 Å². The summed E-state index contributed by atoms with van der Waals surface area (Å²) in [5.74, 6) is 1.78. The van der Waals surface area contributed by atoms with Crippen LogP contribution in [0, 0.1) is 6.92 Å². The average molecular weight is 396 g/mol. The smallest absolute Gasteiger partial charge is 0.247 e. The van der Waals surface area contributed by atoms with Crippen molar-refractivity contribution < 1.29 is 4.42 Å². The normalized spacial score (nSPS) is 12.7. The van der Waals surface area contributed by atoms with Crippen LogP contribution in [0.2, 0.25) is 0 Å². The van der Waals surface area contributed by atoms with Crippen LogP contribution in [0.15, 0.2) is 51.4 Å². The maximum atomic E-state index is 5.83. The minimum absolute atomic E-state index is 0.0541. The van der Waals surface area contributed by atoms with Gasteiger partial charge in [0.1, 0.15) is 5.82 Å². The summed E-state index contributed by atoms with van der Waals surface area (Å²) in [6.45, 7) is 4.04. The monoisotopic (exact) mass is 395 g/mol. The Bertz CT molecular complexity index is 1030. The van der Waals surface area contributed by atoms with Crippen LogP contribution in [-0.2, 0) is 0 Å². The number of H-pyrrole nitrogens is 1. The Hall–Kier alpha value is -2.71. The van der Waals surface area contributed by atoms with Gasteiger partial charge in [-0.2, -0.15) is 0 Å². The van der Waals surface area contributed by atoms with Crippen molar-refractivity contribution in [2.75, 3.05) is 0 Å². The largest absolute Gasteiger partial charge is 0.419 e. The number of aromatic nitrogens is 5. The minimum atomic E-state index is -0.0541. The van der Waals surface area contributed by atoms with Gasteiger partial charge in [0.15, 0.2) is 0 Å². The van der Waals surface area contributed by atoms with Crippen LogP contribution in [0.3, 0.4) is 0 Å². The van der Waals surface area contributed by atoms with Crippen molar-refractivity contribution in [3.63, 3.8) is 0 Å². The van der Waals surface area contributed by atoms with E-state index in [2.05, 4.69) is 31.4 Å². The number of aryl methyl sites for hydroxylation is 1. The number of benzene rings is 1. The maximum absolute atomic E-state index is 5.83. The minimum Gasteiger partial charge on any atom is -0.419 e. The Morgan fingerprint density at radius 3 is 2.78 bits per heavy atom. The first-order valence-electron chi connectivity index (χ1n) is 8.38. The lowest BCUT2D eigenvalue weighted by Gasteiger charge is -2.02. The molecule has 0 amide bonds. The molecule has 1 unspecified atom stereocenters. The summed E-state index contributed by atoms with van der Waals surface area (Å²) in [7, 11) is 0. The summed E-state index contributed by atoms with van der Waals surface area (Å²) in [5.41, 5.74) is 2.10. The Labute approximate surface area is 164 Å². The average Bonchev–Trinajstić information content (AvgIpc) is 3.42. The Balaban J connectivity index is 1.42. The van der Waals surface area contributed by atoms with E-state index in [0.717, 1.165) is 5.56 Å². The van der Waals surface area contributed by atoms with Crippen molar-refractivity contribution in [1.29, 1.82) is 0 Å². The lowest BCUT2D eigenvalue weighted by Crippen LogP contribution is -1.89. The quantitative estimate of drug-likeness (QED) is 0.449. The first-order chi connectivity index (χ1) is 13.2. The van der Waals surface area contributed by atoms with Crippen molar-refractivity contribution >= 4 is 35.3 Å². The lowest BCUT2D eigenvalue weighted by molar-refractivity contribution is 0.509. The molecule has 0 fully saturated rings. The molecule has 3 aromatic heterocycles. The van der Waals surface area contributed by atoms with Gasteiger partial charge >= 0.3 is 0 Å². The highest BCUT2D eigenvalue weighted by Gasteiger charge is 2.18. The molecule has 0 bridgehead atoms. The highest BCUT2D eigenvalue weighted by atomic mass is 32.2. The van der Waals surface area contributed by atoms with Crippen LogP contribution in [0.4, 0.5) is 0 Å². The third kappa shape index (κ3) is 4.35. The summed E-state index contributed by atoms with van der Waals surface area (Å²) in [6.07, 6.45) is 3.92. The number of hydrogen-bond donors (Lipinski definition) is 1. The number of nitrogens with zero attached hydrogens (tertiary/aromatic N) is 4. The fraction of sp³-hybridized carbons (Fsp3) is 0.158. The van der Waals surface area contributed by atoms with Crippen molar-refractivity contribution in [3.8, 4) is 11.5 Å². The fourth-order valence-corrected chi connectivity index (χ4v) is 3.73. The third-order valence-electron chi connectivity index (χ3n) is 3.80. The van der Waals surface area contributed by atoms with E-state index in [9.17, 15) is 0 Å². The van der Waals surface area contributed by atoms with E-state index in [0.29, 0.717) is 22.8 Å². The summed E-state index contributed by atoms with van der Waals surface area (Å²) in [6, 6.07) is 12.1. The molecule has 0 aliphatic heterocycles. The van der Waals surface area contributed by atoms with Crippen molar-refractivity contribution in [2.24, 2.45) is 0 Å². The molecule has 27 heavy (non-hydrogen) atoms. The van der Waals surface area contributed by atoms with Crippen LogP contribution in [0.5, 0.6) is 0 Å². The molecule has 136 valence electrons. The second-order valence-corrected chi connectivity index (χ2v) is 8.21. The zero-order chi connectivity index (χ0) is 18.6. The van der Waals surface area contributed by atoms with E-state index in [4.69, 9.17) is 4.42 Å². The maximum Gasteiger partial charge on any atom is 0.247 e. The Kier molecular flexibility index (Phi) is 5.17. The topological polar surface area (TPSA) is 80.5 Å². The number of nitrogens with one attached hydrogen (secondary N) is 1. The van der Waals surface area contributed by atoms with Gasteiger partial charge in [-0.1, -0.05) is 35.5 Å². The van der Waals surface area contributed by atoms with Crippen LogP contribution in [0.25, 0.3) is 23.6 Å². The number of rotatable bonds is 6. The summed E-state index contributed by atoms with van der Waals surface area (Å²) in [4.78, 5) is 5.64. The molecule has 6 nitrogen and oxygen atoms in total. The van der Waals surface area contributed by atoms with Gasteiger partial charge in [0.25, 0.3) is 0 Å². The molecule has 1 aromatic carbocycles. The van der Waals surface area contributed by atoms with E-state index in [1.807, 2.05) is 61.7 Å². The second kappa shape index (κ2) is 7.89. The molecule has 1 atom stereocenters. The lowest BCUT2D eigenvalue weighted by atomic mass is 10.1. The molecule has 4 rings (SSSR count). The molecule has 0 aliphatic carbocycles. The first-order valence-corrected chi connectivity index (χ1v) is 10.1. The van der Waals surface area contributed by atoms with Crippen molar-refractivity contribution in [2.45, 2.75) is 24.3 Å². The molecule has 4 aromatic rings. The van der Waals surface area contributed by atoms with Crippen LogP contribution in [0.1, 0.15) is 34.3 Å². The molecule has 3 heterocycles. The summed E-state index contributed by atoms with van der Waals surface area (Å²) in [5, 5.41) is 18.1. The van der Waals surface area contributed by atoms with Gasteiger partial charge in [0.05, 0.1) is 5.25 Å². The SMILES string of the molecule is Cc1ccc(-c2nnc(C(C)Sc3n[nH]c(/C=C/c4cccs4)n3)o2)cc1. The van der Waals surface area contributed by atoms with Gasteiger partial charge in [-0.25, -0.2) is 4.98 Å². The number of thiophene rings is 1. The van der Waals surface area contributed by atoms with E-state index < -0.39 is 0 Å². The van der Waals surface area contributed by atoms with Gasteiger partial charge in [-0.15, -0.1) is 26.6 Å². The predicted molar refractivity (Wildman–Crippen MR) is 108 cm³/mol. The van der Waals surface area contributed by atoms with E-state index in [1.165, 1.54) is 22.2 Å². The van der Waals surface area contributed by atoms with Crippen LogP contribution >= 0.6 is 23.1 Å². The van der Waals surface area contributed by atoms with Crippen molar-refractivity contribution in [3.05, 3.63) is 63.9 Å². The second-order valence-electron chi connectivity index (χ2n) is 5.92. The van der Waals surface area contributed by atoms with Crippen molar-refractivity contribution in [1.82, 2.24) is 25.4 Å². The number of thioether (sulfide) groups is 1. The Morgan fingerprint density at radius 1 is 1.15 bits per heavy atom. The van der Waals surface area contributed by atoms with E-state index >= 15 is 0 Å². The van der Waals surface area contributed by atoms with Gasteiger partial charge in [-0.3, -0.25) is 5.10 Å². The molecule has 0 aliphatic rings. The predicted octanol–water partition coefficient (Wildman–Crippen LogP) is 5.25. The van der Waals surface area contributed by atoms with E-state index in [1.54, 1.807) is 11.3 Å². The molecule has 0 saturated heterocycles. The summed E-state index contributed by atoms with van der Waals surface area (Å²) >= 11 is 3.15. The van der Waals surface area contributed by atoms with Crippen LogP contribution < -0.4 is 0 Å². The fourth-order valence-electron chi connectivity index (χ4n) is 2.35. The molecule has 0 radical (unpaired) electrons. The Morgan fingerprint density at radius 2 is 2.00 bits per heavy atom. The van der Waals surface area contributed by atoms with E-state index in [-0.39, 0.29) is 5.25 Å². The summed E-state index contributed by atoms with van der Waals surface area (Å²) < 4.78 is 5.83. The third-order valence-corrected chi connectivity index (χ3v) is 5.59. The van der Waals surface area contributed by atoms with Gasteiger partial charge < -0.3 is 4.42 Å². The molecular formula is C19H17N5OS2. The molecule has 1 N–H and O–H groups in total. The molecule has 0 spiro atoms. The highest BCUT2D eigenvalue weighted by molar-refractivity contribution is 7.99. The molecule has 8 heteroatoms. The number of aromatic amines is 1.